The molecule has 3 rings (SSSR count). The van der Waals surface area contributed by atoms with Crippen LogP contribution in [-0.2, 0) is 0 Å². The van der Waals surface area contributed by atoms with Gasteiger partial charge in [0.1, 0.15) is 0 Å². The monoisotopic (exact) mass is 263 g/mol. The Morgan fingerprint density at radius 1 is 1.05 bits per heavy atom. The molecule has 5 heteroatoms. The third kappa shape index (κ3) is 2.61. The number of anilines is 1. The molecule has 98 valence electrons. The second-order valence-corrected chi connectivity index (χ2v) is 4.27. The molecule has 0 atom stereocenters. The number of rotatable bonds is 3. The number of hydrogen-bond donors (Lipinski definition) is 0. The van der Waals surface area contributed by atoms with Gasteiger partial charge in [0.05, 0.1) is 23.4 Å². The summed E-state index contributed by atoms with van der Waals surface area (Å²) < 4.78 is 0. The van der Waals surface area contributed by atoms with Crippen molar-refractivity contribution >= 4 is 23.1 Å². The zero-order chi connectivity index (χ0) is 13.8. The summed E-state index contributed by atoms with van der Waals surface area (Å²) in [5.41, 5.74) is 2.67. The van der Waals surface area contributed by atoms with Gasteiger partial charge in [-0.2, -0.15) is 5.10 Å². The van der Waals surface area contributed by atoms with Crippen molar-refractivity contribution in [3.8, 4) is 0 Å². The molecule has 1 aromatic carbocycles. The maximum absolute atomic E-state index is 4.52. The molecule has 0 fully saturated rings. The van der Waals surface area contributed by atoms with Crippen molar-refractivity contribution in [1.29, 1.82) is 0 Å². The lowest BCUT2D eigenvalue weighted by atomic mass is 10.3. The fourth-order valence-corrected chi connectivity index (χ4v) is 1.77. The van der Waals surface area contributed by atoms with Gasteiger partial charge >= 0.3 is 0 Å². The molecule has 0 N–H and O–H groups in total. The van der Waals surface area contributed by atoms with E-state index in [0.29, 0.717) is 5.82 Å². The molecular weight excluding hydrogens is 250 g/mol. The fraction of sp³-hybridized carbons (Fsp3) is 0.0667. The molecule has 5 nitrogen and oxygen atoms in total. The first-order valence-electron chi connectivity index (χ1n) is 6.22. The Labute approximate surface area is 116 Å². The molecule has 0 radical (unpaired) electrons. The van der Waals surface area contributed by atoms with Crippen molar-refractivity contribution in [3.63, 3.8) is 0 Å². The molecule has 2 aromatic heterocycles. The molecule has 0 saturated carbocycles. The van der Waals surface area contributed by atoms with Crippen molar-refractivity contribution in [3.05, 3.63) is 60.6 Å². The molecule has 0 aliphatic carbocycles. The average Bonchev–Trinajstić information content (AvgIpc) is 2.53. The van der Waals surface area contributed by atoms with Crippen molar-refractivity contribution in [1.82, 2.24) is 15.0 Å². The third-order valence-electron chi connectivity index (χ3n) is 2.83. The van der Waals surface area contributed by atoms with Crippen LogP contribution < -0.4 is 5.01 Å². The number of para-hydroxylation sites is 2. The number of pyridine rings is 1. The second kappa shape index (κ2) is 5.44. The maximum Gasteiger partial charge on any atom is 0.167 e. The Balaban J connectivity index is 1.85. The fourth-order valence-electron chi connectivity index (χ4n) is 1.77. The summed E-state index contributed by atoms with van der Waals surface area (Å²) in [6.45, 7) is 0. The predicted octanol–water partition coefficient (Wildman–Crippen LogP) is 2.50. The summed E-state index contributed by atoms with van der Waals surface area (Å²) >= 11 is 0. The van der Waals surface area contributed by atoms with Crippen LogP contribution in [0.15, 0.2) is 60.1 Å². The lowest BCUT2D eigenvalue weighted by molar-refractivity contribution is 0.981. The molecule has 20 heavy (non-hydrogen) atoms. The van der Waals surface area contributed by atoms with Crippen LogP contribution >= 0.6 is 0 Å². The van der Waals surface area contributed by atoms with Crippen LogP contribution in [0.2, 0.25) is 0 Å². The highest BCUT2D eigenvalue weighted by Gasteiger charge is 2.02. The summed E-state index contributed by atoms with van der Waals surface area (Å²) in [7, 11) is 1.84. The van der Waals surface area contributed by atoms with Crippen molar-refractivity contribution < 1.29 is 0 Å². The highest BCUT2D eigenvalue weighted by Crippen LogP contribution is 2.14. The lowest BCUT2D eigenvalue weighted by Gasteiger charge is -2.11. The minimum Gasteiger partial charge on any atom is -0.264 e. The minimum atomic E-state index is 0.698. The number of fused-ring (bicyclic) bond motifs is 1. The lowest BCUT2D eigenvalue weighted by Crippen LogP contribution is -2.11. The smallest absolute Gasteiger partial charge is 0.167 e. The molecule has 0 amide bonds. The normalized spacial score (nSPS) is 11.1. The minimum absolute atomic E-state index is 0.698. The van der Waals surface area contributed by atoms with Gasteiger partial charge in [-0.25, -0.2) is 9.99 Å². The number of benzene rings is 1. The Morgan fingerprint density at radius 3 is 2.70 bits per heavy atom. The van der Waals surface area contributed by atoms with Crippen molar-refractivity contribution in [2.45, 2.75) is 0 Å². The number of aromatic nitrogens is 3. The highest BCUT2D eigenvalue weighted by atomic mass is 15.5. The zero-order valence-electron chi connectivity index (χ0n) is 11.0. The summed E-state index contributed by atoms with van der Waals surface area (Å²) in [6, 6.07) is 11.6. The van der Waals surface area contributed by atoms with Crippen LogP contribution in [0.4, 0.5) is 5.82 Å². The van der Waals surface area contributed by atoms with Gasteiger partial charge in [0.15, 0.2) is 5.82 Å². The van der Waals surface area contributed by atoms with E-state index in [1.807, 2.05) is 43.4 Å². The van der Waals surface area contributed by atoms with E-state index in [1.54, 1.807) is 29.8 Å². The van der Waals surface area contributed by atoms with Gasteiger partial charge in [-0.3, -0.25) is 9.97 Å². The summed E-state index contributed by atoms with van der Waals surface area (Å²) in [5.74, 6) is 0.698. The number of hydrogen-bond acceptors (Lipinski definition) is 5. The van der Waals surface area contributed by atoms with Gasteiger partial charge in [-0.1, -0.05) is 18.2 Å². The van der Waals surface area contributed by atoms with Crippen LogP contribution in [0.3, 0.4) is 0 Å². The van der Waals surface area contributed by atoms with Crippen molar-refractivity contribution in [2.75, 3.05) is 12.1 Å². The van der Waals surface area contributed by atoms with E-state index in [4.69, 9.17) is 0 Å². The van der Waals surface area contributed by atoms with Gasteiger partial charge in [0.25, 0.3) is 0 Å². The summed E-state index contributed by atoms with van der Waals surface area (Å²) in [4.78, 5) is 12.9. The van der Waals surface area contributed by atoms with E-state index < -0.39 is 0 Å². The zero-order valence-corrected chi connectivity index (χ0v) is 11.0. The first-order valence-corrected chi connectivity index (χ1v) is 6.22. The molecule has 0 unspecified atom stereocenters. The molecule has 0 saturated heterocycles. The van der Waals surface area contributed by atoms with Crippen LogP contribution in [0.5, 0.6) is 0 Å². The van der Waals surface area contributed by atoms with E-state index in [-0.39, 0.29) is 0 Å². The van der Waals surface area contributed by atoms with Crippen LogP contribution in [0.25, 0.3) is 11.0 Å². The van der Waals surface area contributed by atoms with E-state index in [9.17, 15) is 0 Å². The second-order valence-electron chi connectivity index (χ2n) is 4.27. The van der Waals surface area contributed by atoms with E-state index in [0.717, 1.165) is 16.6 Å². The molecule has 3 aromatic rings. The topological polar surface area (TPSA) is 54.3 Å². The van der Waals surface area contributed by atoms with E-state index in [2.05, 4.69) is 20.1 Å². The molecule has 0 aliphatic rings. The SMILES string of the molecule is CN(/N=C\c1cccnc1)c1cnc2ccccc2n1. The first kappa shape index (κ1) is 12.2. The largest absolute Gasteiger partial charge is 0.264 e. The van der Waals surface area contributed by atoms with Crippen LogP contribution in [-0.4, -0.2) is 28.2 Å². The predicted molar refractivity (Wildman–Crippen MR) is 79.8 cm³/mol. The Kier molecular flexibility index (Phi) is 3.33. The Bertz CT molecular complexity index is 739. The Hall–Kier alpha value is -2.82. The maximum atomic E-state index is 4.52. The standard InChI is InChI=1S/C15H13N5/c1-20(18-10-12-5-4-8-16-9-12)15-11-17-13-6-2-3-7-14(13)19-15/h2-11H,1H3/b18-10-. The van der Waals surface area contributed by atoms with E-state index in [1.165, 1.54) is 0 Å². The number of nitrogens with zero attached hydrogens (tertiary/aromatic N) is 5. The molecule has 2 heterocycles. The van der Waals surface area contributed by atoms with Gasteiger partial charge < -0.3 is 0 Å². The van der Waals surface area contributed by atoms with Gasteiger partial charge in [-0.15, -0.1) is 0 Å². The van der Waals surface area contributed by atoms with Crippen LogP contribution in [0.1, 0.15) is 5.56 Å². The van der Waals surface area contributed by atoms with E-state index >= 15 is 0 Å². The van der Waals surface area contributed by atoms with Gasteiger partial charge in [0.2, 0.25) is 0 Å². The van der Waals surface area contributed by atoms with Crippen molar-refractivity contribution in [2.24, 2.45) is 5.10 Å². The summed E-state index contributed by atoms with van der Waals surface area (Å²) in [6.07, 6.45) is 6.94. The average molecular weight is 263 g/mol. The highest BCUT2D eigenvalue weighted by molar-refractivity contribution is 5.80. The van der Waals surface area contributed by atoms with Gasteiger partial charge in [-0.05, 0) is 18.2 Å². The third-order valence-corrected chi connectivity index (χ3v) is 2.83. The molecule has 0 aliphatic heterocycles. The molecular formula is C15H13N5. The number of hydrazone groups is 1. The molecule has 0 bridgehead atoms. The quantitative estimate of drug-likeness (QED) is 0.538. The Morgan fingerprint density at radius 2 is 1.90 bits per heavy atom. The van der Waals surface area contributed by atoms with Gasteiger partial charge in [0, 0.05) is 25.0 Å². The summed E-state index contributed by atoms with van der Waals surface area (Å²) in [5, 5.41) is 6.02. The van der Waals surface area contributed by atoms with Crippen LogP contribution in [0, 0.1) is 0 Å². The molecule has 0 spiro atoms. The first-order chi connectivity index (χ1) is 9.83.